The number of aromatic amines is 1. The fourth-order valence-electron chi connectivity index (χ4n) is 2.90. The predicted octanol–water partition coefficient (Wildman–Crippen LogP) is 0.701. The van der Waals surface area contributed by atoms with Gasteiger partial charge in [0.2, 0.25) is 5.91 Å². The number of aromatic nitrogens is 2. The maximum atomic E-state index is 12.4. The highest BCUT2D eigenvalue weighted by atomic mass is 35.5. The first-order valence-corrected chi connectivity index (χ1v) is 6.88. The monoisotopic (exact) mass is 310 g/mol. The molecular formula is C14H19ClN4O2. The number of imidazole rings is 1. The molecular weight excluding hydrogens is 292 g/mol. The van der Waals surface area contributed by atoms with Gasteiger partial charge in [-0.15, -0.1) is 12.4 Å². The zero-order valence-electron chi connectivity index (χ0n) is 11.6. The Morgan fingerprint density at radius 3 is 2.90 bits per heavy atom. The lowest BCUT2D eigenvalue weighted by molar-refractivity contribution is -0.132. The number of H-pyrrole nitrogens is 1. The summed E-state index contributed by atoms with van der Waals surface area (Å²) >= 11 is 0. The maximum absolute atomic E-state index is 12.4. The topological polar surface area (TPSA) is 84.1 Å². The number of carbonyl (C=O) groups excluding carboxylic acids is 1. The second kappa shape index (κ2) is 6.32. The van der Waals surface area contributed by atoms with Gasteiger partial charge in [0.15, 0.2) is 0 Å². The maximum Gasteiger partial charge on any atom is 0.326 e. The molecule has 1 aliphatic rings. The Labute approximate surface area is 128 Å². The van der Waals surface area contributed by atoms with Crippen molar-refractivity contribution < 1.29 is 4.79 Å². The number of hydrogen-bond donors (Lipinski definition) is 2. The van der Waals surface area contributed by atoms with Crippen LogP contribution in [-0.2, 0) is 11.3 Å². The molecule has 0 spiro atoms. The standard InChI is InChI=1S/C14H18N4O2.ClH/c15-8-10-4-3-7-17(10)13(19)9-18-12-6-2-1-5-11(12)16-14(18)20;/h1-2,5-6,10H,3-4,7-9,15H2,(H,16,20);1H. The van der Waals surface area contributed by atoms with Crippen molar-refractivity contribution in [1.82, 2.24) is 14.5 Å². The second-order valence-corrected chi connectivity index (χ2v) is 5.15. The van der Waals surface area contributed by atoms with Gasteiger partial charge in [0.05, 0.1) is 11.0 Å². The lowest BCUT2D eigenvalue weighted by Crippen LogP contribution is -2.42. The molecule has 21 heavy (non-hydrogen) atoms. The summed E-state index contributed by atoms with van der Waals surface area (Å²) in [4.78, 5) is 28.9. The lowest BCUT2D eigenvalue weighted by atomic mass is 10.2. The van der Waals surface area contributed by atoms with Gasteiger partial charge in [-0.1, -0.05) is 12.1 Å². The Kier molecular flexibility index (Phi) is 4.69. The van der Waals surface area contributed by atoms with Gasteiger partial charge in [0.1, 0.15) is 6.54 Å². The van der Waals surface area contributed by atoms with Crippen molar-refractivity contribution in [2.24, 2.45) is 5.73 Å². The second-order valence-electron chi connectivity index (χ2n) is 5.15. The minimum absolute atomic E-state index is 0. The fraction of sp³-hybridized carbons (Fsp3) is 0.429. The molecule has 1 fully saturated rings. The first kappa shape index (κ1) is 15.6. The zero-order valence-corrected chi connectivity index (χ0v) is 12.4. The lowest BCUT2D eigenvalue weighted by Gasteiger charge is -2.23. The molecule has 1 aromatic carbocycles. The van der Waals surface area contributed by atoms with E-state index in [0.29, 0.717) is 6.54 Å². The number of nitrogens with two attached hydrogens (primary N) is 1. The van der Waals surface area contributed by atoms with E-state index in [1.807, 2.05) is 24.3 Å². The molecule has 1 atom stereocenters. The number of amides is 1. The summed E-state index contributed by atoms with van der Waals surface area (Å²) in [7, 11) is 0. The van der Waals surface area contributed by atoms with E-state index in [4.69, 9.17) is 5.73 Å². The highest BCUT2D eigenvalue weighted by Gasteiger charge is 2.28. The molecule has 114 valence electrons. The van der Waals surface area contributed by atoms with Gasteiger partial charge in [0, 0.05) is 19.1 Å². The summed E-state index contributed by atoms with van der Waals surface area (Å²) in [5, 5.41) is 0. The molecule has 3 N–H and O–H groups in total. The average Bonchev–Trinajstić information content (AvgIpc) is 3.04. The summed E-state index contributed by atoms with van der Waals surface area (Å²) in [6.45, 7) is 1.28. The molecule has 2 heterocycles. The number of nitrogens with zero attached hydrogens (tertiary/aromatic N) is 2. The number of benzene rings is 1. The molecule has 1 aliphatic heterocycles. The number of carbonyl (C=O) groups is 1. The van der Waals surface area contributed by atoms with Crippen molar-refractivity contribution in [3.8, 4) is 0 Å². The molecule has 1 aromatic heterocycles. The molecule has 2 aromatic rings. The van der Waals surface area contributed by atoms with Crippen molar-refractivity contribution in [1.29, 1.82) is 0 Å². The van der Waals surface area contributed by atoms with Crippen molar-refractivity contribution in [2.75, 3.05) is 13.1 Å². The first-order valence-electron chi connectivity index (χ1n) is 6.88. The van der Waals surface area contributed by atoms with Crippen LogP contribution in [0.3, 0.4) is 0 Å². The predicted molar refractivity (Wildman–Crippen MR) is 83.6 cm³/mol. The molecule has 0 radical (unpaired) electrons. The van der Waals surface area contributed by atoms with Gasteiger partial charge in [-0.3, -0.25) is 9.36 Å². The molecule has 1 amide bonds. The van der Waals surface area contributed by atoms with Crippen LogP contribution < -0.4 is 11.4 Å². The van der Waals surface area contributed by atoms with Gasteiger partial charge in [0.25, 0.3) is 0 Å². The minimum Gasteiger partial charge on any atom is -0.337 e. The SMILES string of the molecule is Cl.NCC1CCCN1C(=O)Cn1c(=O)[nH]c2ccccc21. The number of fused-ring (bicyclic) bond motifs is 1. The van der Waals surface area contributed by atoms with E-state index in [9.17, 15) is 9.59 Å². The van der Waals surface area contributed by atoms with Crippen LogP contribution >= 0.6 is 12.4 Å². The van der Waals surface area contributed by atoms with E-state index in [2.05, 4.69) is 4.98 Å². The van der Waals surface area contributed by atoms with Gasteiger partial charge in [-0.2, -0.15) is 0 Å². The van der Waals surface area contributed by atoms with Crippen LogP contribution in [0.1, 0.15) is 12.8 Å². The normalized spacial score (nSPS) is 18.0. The number of hydrogen-bond acceptors (Lipinski definition) is 3. The van der Waals surface area contributed by atoms with Crippen LogP contribution in [0.4, 0.5) is 0 Å². The Morgan fingerprint density at radius 1 is 1.38 bits per heavy atom. The first-order chi connectivity index (χ1) is 9.70. The molecule has 3 rings (SSSR count). The Morgan fingerprint density at radius 2 is 2.14 bits per heavy atom. The third-order valence-electron chi connectivity index (χ3n) is 3.94. The third kappa shape index (κ3) is 2.82. The Balaban J connectivity index is 0.00000161. The third-order valence-corrected chi connectivity index (χ3v) is 3.94. The smallest absolute Gasteiger partial charge is 0.326 e. The fourth-order valence-corrected chi connectivity index (χ4v) is 2.90. The molecule has 0 saturated carbocycles. The summed E-state index contributed by atoms with van der Waals surface area (Å²) < 4.78 is 1.49. The summed E-state index contributed by atoms with van der Waals surface area (Å²) in [6, 6.07) is 7.49. The van der Waals surface area contributed by atoms with Crippen LogP contribution in [0.25, 0.3) is 11.0 Å². The van der Waals surface area contributed by atoms with E-state index in [-0.39, 0.29) is 36.6 Å². The van der Waals surface area contributed by atoms with Crippen molar-refractivity contribution in [3.05, 3.63) is 34.7 Å². The summed E-state index contributed by atoms with van der Waals surface area (Å²) in [5.74, 6) is -0.0372. The van der Waals surface area contributed by atoms with Crippen LogP contribution in [-0.4, -0.2) is 39.5 Å². The summed E-state index contributed by atoms with van der Waals surface area (Å²) in [6.07, 6.45) is 1.93. The molecule has 1 saturated heterocycles. The molecule has 0 bridgehead atoms. The summed E-state index contributed by atoms with van der Waals surface area (Å²) in [5.41, 5.74) is 6.95. The van der Waals surface area contributed by atoms with Crippen LogP contribution in [0, 0.1) is 0 Å². The zero-order chi connectivity index (χ0) is 14.1. The number of nitrogens with one attached hydrogen (secondary N) is 1. The van der Waals surface area contributed by atoms with Crippen LogP contribution in [0.15, 0.2) is 29.1 Å². The van der Waals surface area contributed by atoms with Gasteiger partial charge in [-0.05, 0) is 25.0 Å². The van der Waals surface area contributed by atoms with E-state index >= 15 is 0 Å². The number of halogens is 1. The number of para-hydroxylation sites is 2. The van der Waals surface area contributed by atoms with E-state index in [1.165, 1.54) is 4.57 Å². The van der Waals surface area contributed by atoms with Gasteiger partial charge in [-0.25, -0.2) is 4.79 Å². The quantitative estimate of drug-likeness (QED) is 0.875. The molecule has 6 nitrogen and oxygen atoms in total. The molecule has 0 aliphatic carbocycles. The largest absolute Gasteiger partial charge is 0.337 e. The van der Waals surface area contributed by atoms with Crippen LogP contribution in [0.2, 0.25) is 0 Å². The van der Waals surface area contributed by atoms with Gasteiger partial charge >= 0.3 is 5.69 Å². The van der Waals surface area contributed by atoms with Crippen molar-refractivity contribution in [2.45, 2.75) is 25.4 Å². The highest BCUT2D eigenvalue weighted by Crippen LogP contribution is 2.17. The van der Waals surface area contributed by atoms with Crippen molar-refractivity contribution >= 4 is 29.3 Å². The molecule has 1 unspecified atom stereocenters. The van der Waals surface area contributed by atoms with Gasteiger partial charge < -0.3 is 15.6 Å². The number of likely N-dealkylation sites (tertiary alicyclic amines) is 1. The van der Waals surface area contributed by atoms with Crippen LogP contribution in [0.5, 0.6) is 0 Å². The highest BCUT2D eigenvalue weighted by molar-refractivity contribution is 5.85. The average molecular weight is 311 g/mol. The van der Waals surface area contributed by atoms with Crippen molar-refractivity contribution in [3.63, 3.8) is 0 Å². The number of rotatable bonds is 3. The van der Waals surface area contributed by atoms with E-state index in [1.54, 1.807) is 4.90 Å². The van der Waals surface area contributed by atoms with E-state index in [0.717, 1.165) is 30.4 Å². The minimum atomic E-state index is -0.247. The Bertz CT molecular complexity index is 694. The van der Waals surface area contributed by atoms with E-state index < -0.39 is 0 Å². The molecule has 7 heteroatoms. The Hall–Kier alpha value is -1.79.